The van der Waals surface area contributed by atoms with Crippen LogP contribution in [0.3, 0.4) is 0 Å². The highest BCUT2D eigenvalue weighted by Gasteiger charge is 2.10. The Morgan fingerprint density at radius 1 is 1.31 bits per heavy atom. The van der Waals surface area contributed by atoms with Crippen LogP contribution < -0.4 is 5.32 Å². The van der Waals surface area contributed by atoms with E-state index >= 15 is 0 Å². The third-order valence-electron chi connectivity index (χ3n) is 2.25. The Labute approximate surface area is 94.3 Å². The lowest BCUT2D eigenvalue weighted by Gasteiger charge is -2.09. The summed E-state index contributed by atoms with van der Waals surface area (Å²) in [6.07, 6.45) is 0. The molecule has 0 saturated carbocycles. The van der Waals surface area contributed by atoms with Crippen LogP contribution in [0.5, 0.6) is 0 Å². The van der Waals surface area contributed by atoms with Gasteiger partial charge in [0.2, 0.25) is 5.91 Å². The van der Waals surface area contributed by atoms with Gasteiger partial charge in [-0.3, -0.25) is 4.79 Å². The van der Waals surface area contributed by atoms with E-state index in [9.17, 15) is 9.59 Å². The molecule has 0 aliphatic carbocycles. The molecule has 1 aromatic rings. The zero-order chi connectivity index (χ0) is 12.3. The van der Waals surface area contributed by atoms with Gasteiger partial charge in [0, 0.05) is 11.6 Å². The van der Waals surface area contributed by atoms with Gasteiger partial charge in [-0.25, -0.2) is 4.79 Å². The molecule has 4 heteroatoms. The van der Waals surface area contributed by atoms with Gasteiger partial charge in [-0.15, -0.1) is 0 Å². The molecule has 0 heterocycles. The number of aryl methyl sites for hydroxylation is 1. The van der Waals surface area contributed by atoms with Gasteiger partial charge >= 0.3 is 5.97 Å². The van der Waals surface area contributed by atoms with E-state index in [0.29, 0.717) is 11.3 Å². The fourth-order valence-electron chi connectivity index (χ4n) is 1.27. The first-order chi connectivity index (χ1) is 7.41. The van der Waals surface area contributed by atoms with Gasteiger partial charge in [-0.05, 0) is 30.7 Å². The topological polar surface area (TPSA) is 66.4 Å². The monoisotopic (exact) mass is 221 g/mol. The van der Waals surface area contributed by atoms with Crippen LogP contribution in [0.2, 0.25) is 0 Å². The molecule has 0 aromatic heterocycles. The van der Waals surface area contributed by atoms with Crippen molar-refractivity contribution in [2.24, 2.45) is 5.92 Å². The summed E-state index contributed by atoms with van der Waals surface area (Å²) in [7, 11) is 0. The van der Waals surface area contributed by atoms with Gasteiger partial charge in [0.15, 0.2) is 0 Å². The van der Waals surface area contributed by atoms with Crippen molar-refractivity contribution in [3.8, 4) is 0 Å². The molecule has 0 aliphatic heterocycles. The van der Waals surface area contributed by atoms with E-state index in [1.54, 1.807) is 32.9 Å². The molecule has 2 N–H and O–H groups in total. The van der Waals surface area contributed by atoms with Crippen molar-refractivity contribution in [2.75, 3.05) is 5.32 Å². The quantitative estimate of drug-likeness (QED) is 0.822. The molecular formula is C12H15NO3. The highest BCUT2D eigenvalue weighted by atomic mass is 16.4. The summed E-state index contributed by atoms with van der Waals surface area (Å²) in [6.45, 7) is 5.30. The Bertz CT molecular complexity index is 424. The van der Waals surface area contributed by atoms with Crippen LogP contribution in [0.1, 0.15) is 29.8 Å². The maximum atomic E-state index is 11.4. The number of aromatic carboxylic acids is 1. The number of anilines is 1. The molecule has 0 saturated heterocycles. The van der Waals surface area contributed by atoms with Crippen molar-refractivity contribution in [2.45, 2.75) is 20.8 Å². The molecule has 1 rings (SSSR count). The van der Waals surface area contributed by atoms with Gasteiger partial charge in [0.1, 0.15) is 0 Å². The lowest BCUT2D eigenvalue weighted by molar-refractivity contribution is -0.118. The summed E-state index contributed by atoms with van der Waals surface area (Å²) in [5.41, 5.74) is 1.51. The highest BCUT2D eigenvalue weighted by molar-refractivity contribution is 5.94. The van der Waals surface area contributed by atoms with Crippen LogP contribution >= 0.6 is 0 Å². The van der Waals surface area contributed by atoms with Crippen molar-refractivity contribution in [1.29, 1.82) is 0 Å². The smallest absolute Gasteiger partial charge is 0.335 e. The standard InChI is InChI=1S/C12H15NO3/c1-7(2)11(14)13-9-4-5-10(12(15)16)8(3)6-9/h4-7H,1-3H3,(H,13,14)(H,15,16). The third-order valence-corrected chi connectivity index (χ3v) is 2.25. The highest BCUT2D eigenvalue weighted by Crippen LogP contribution is 2.15. The number of benzene rings is 1. The summed E-state index contributed by atoms with van der Waals surface area (Å²) in [5.74, 6) is -1.14. The first-order valence-electron chi connectivity index (χ1n) is 5.06. The average Bonchev–Trinajstić information content (AvgIpc) is 2.16. The lowest BCUT2D eigenvalue weighted by atomic mass is 10.1. The molecule has 0 bridgehead atoms. The van der Waals surface area contributed by atoms with Crippen molar-refractivity contribution in [3.63, 3.8) is 0 Å². The summed E-state index contributed by atoms with van der Waals surface area (Å²) >= 11 is 0. The number of amides is 1. The predicted molar refractivity (Wildman–Crippen MR) is 61.6 cm³/mol. The number of carboxylic acid groups (broad SMARTS) is 1. The van der Waals surface area contributed by atoms with E-state index in [-0.39, 0.29) is 17.4 Å². The van der Waals surface area contributed by atoms with Crippen molar-refractivity contribution in [3.05, 3.63) is 29.3 Å². The van der Waals surface area contributed by atoms with Crippen molar-refractivity contribution < 1.29 is 14.7 Å². The van der Waals surface area contributed by atoms with E-state index in [1.165, 1.54) is 6.07 Å². The maximum absolute atomic E-state index is 11.4. The van der Waals surface area contributed by atoms with Crippen LogP contribution in [0.4, 0.5) is 5.69 Å². The SMILES string of the molecule is Cc1cc(NC(=O)C(C)C)ccc1C(=O)O. The second kappa shape index (κ2) is 4.79. The van der Waals surface area contributed by atoms with Crippen LogP contribution in [0, 0.1) is 12.8 Å². The molecule has 16 heavy (non-hydrogen) atoms. The lowest BCUT2D eigenvalue weighted by Crippen LogP contribution is -2.17. The van der Waals surface area contributed by atoms with Crippen LogP contribution in [-0.2, 0) is 4.79 Å². The van der Waals surface area contributed by atoms with Gasteiger partial charge < -0.3 is 10.4 Å². The molecule has 0 atom stereocenters. The number of carbonyl (C=O) groups is 2. The zero-order valence-electron chi connectivity index (χ0n) is 9.57. The van der Waals surface area contributed by atoms with Crippen LogP contribution in [-0.4, -0.2) is 17.0 Å². The van der Waals surface area contributed by atoms with E-state index in [2.05, 4.69) is 5.32 Å². The number of nitrogens with one attached hydrogen (secondary N) is 1. The van der Waals surface area contributed by atoms with Crippen LogP contribution in [0.15, 0.2) is 18.2 Å². The molecule has 0 radical (unpaired) electrons. The van der Waals surface area contributed by atoms with E-state index in [4.69, 9.17) is 5.11 Å². The second-order valence-corrected chi connectivity index (χ2v) is 3.98. The summed E-state index contributed by atoms with van der Waals surface area (Å²) in [5, 5.41) is 11.6. The number of rotatable bonds is 3. The number of hydrogen-bond acceptors (Lipinski definition) is 2. The second-order valence-electron chi connectivity index (χ2n) is 3.98. The normalized spacial score (nSPS) is 10.2. The molecule has 86 valence electrons. The largest absolute Gasteiger partial charge is 0.478 e. The first-order valence-corrected chi connectivity index (χ1v) is 5.06. The average molecular weight is 221 g/mol. The number of carboxylic acids is 1. The minimum Gasteiger partial charge on any atom is -0.478 e. The fourth-order valence-corrected chi connectivity index (χ4v) is 1.27. The van der Waals surface area contributed by atoms with Crippen molar-refractivity contribution >= 4 is 17.6 Å². The van der Waals surface area contributed by atoms with Gasteiger partial charge in [0.05, 0.1) is 5.56 Å². The number of hydrogen-bond donors (Lipinski definition) is 2. The summed E-state index contributed by atoms with van der Waals surface area (Å²) in [4.78, 5) is 22.2. The Morgan fingerprint density at radius 2 is 1.94 bits per heavy atom. The molecule has 1 aromatic carbocycles. The van der Waals surface area contributed by atoms with Gasteiger partial charge in [-0.1, -0.05) is 13.8 Å². The van der Waals surface area contributed by atoms with E-state index in [0.717, 1.165) is 0 Å². The minimum absolute atomic E-state index is 0.0810. The Hall–Kier alpha value is -1.84. The molecule has 0 aliphatic rings. The fraction of sp³-hybridized carbons (Fsp3) is 0.333. The predicted octanol–water partition coefficient (Wildman–Crippen LogP) is 2.29. The van der Waals surface area contributed by atoms with Crippen LogP contribution in [0.25, 0.3) is 0 Å². The summed E-state index contributed by atoms with van der Waals surface area (Å²) in [6, 6.07) is 4.74. The Kier molecular flexibility index (Phi) is 3.66. The zero-order valence-corrected chi connectivity index (χ0v) is 9.57. The molecular weight excluding hydrogens is 206 g/mol. The first kappa shape index (κ1) is 12.2. The Balaban J connectivity index is 2.90. The molecule has 4 nitrogen and oxygen atoms in total. The Morgan fingerprint density at radius 3 is 2.38 bits per heavy atom. The third kappa shape index (κ3) is 2.82. The van der Waals surface area contributed by atoms with E-state index < -0.39 is 5.97 Å². The van der Waals surface area contributed by atoms with Gasteiger partial charge in [0.25, 0.3) is 0 Å². The van der Waals surface area contributed by atoms with E-state index in [1.807, 2.05) is 0 Å². The maximum Gasteiger partial charge on any atom is 0.335 e. The van der Waals surface area contributed by atoms with Crippen molar-refractivity contribution in [1.82, 2.24) is 0 Å². The van der Waals surface area contributed by atoms with Gasteiger partial charge in [-0.2, -0.15) is 0 Å². The number of carbonyl (C=O) groups excluding carboxylic acids is 1. The minimum atomic E-state index is -0.959. The molecule has 1 amide bonds. The summed E-state index contributed by atoms with van der Waals surface area (Å²) < 4.78 is 0. The molecule has 0 spiro atoms. The molecule has 0 unspecified atom stereocenters. The molecule has 0 fully saturated rings.